The van der Waals surface area contributed by atoms with Gasteiger partial charge in [-0.2, -0.15) is 0 Å². The Hall–Kier alpha value is -1.51. The summed E-state index contributed by atoms with van der Waals surface area (Å²) < 4.78 is 5.84. The van der Waals surface area contributed by atoms with Crippen LogP contribution in [0.3, 0.4) is 0 Å². The number of halogens is 1. The zero-order valence-corrected chi connectivity index (χ0v) is 12.3. The Morgan fingerprint density at radius 1 is 1.20 bits per heavy atom. The van der Waals surface area contributed by atoms with E-state index in [0.717, 1.165) is 28.4 Å². The van der Waals surface area contributed by atoms with Gasteiger partial charge in [0.1, 0.15) is 5.75 Å². The summed E-state index contributed by atoms with van der Waals surface area (Å²) in [4.78, 5) is 0. The van der Waals surface area contributed by atoms with Crippen LogP contribution in [-0.4, -0.2) is 13.2 Å². The Morgan fingerprint density at radius 2 is 2.05 bits per heavy atom. The normalized spacial score (nSPS) is 14.3. The van der Waals surface area contributed by atoms with Gasteiger partial charge in [-0.05, 0) is 49.2 Å². The van der Waals surface area contributed by atoms with Gasteiger partial charge in [-0.15, -0.1) is 0 Å². The lowest BCUT2D eigenvalue weighted by Gasteiger charge is -2.10. The van der Waals surface area contributed by atoms with E-state index in [2.05, 4.69) is 29.6 Å². The summed E-state index contributed by atoms with van der Waals surface area (Å²) in [7, 11) is 1.93. The smallest absolute Gasteiger partial charge is 0.120 e. The predicted octanol–water partition coefficient (Wildman–Crippen LogP) is 4.27. The number of ether oxygens (including phenoxy) is 1. The third-order valence-corrected chi connectivity index (χ3v) is 3.70. The third kappa shape index (κ3) is 3.14. The zero-order chi connectivity index (χ0) is 13.9. The topological polar surface area (TPSA) is 21.3 Å². The Balaban J connectivity index is 1.87. The molecule has 1 fully saturated rings. The second-order valence-electron chi connectivity index (χ2n) is 5.19. The largest absolute Gasteiger partial charge is 0.490 e. The molecule has 20 heavy (non-hydrogen) atoms. The average Bonchev–Trinajstić information content (AvgIpc) is 3.23. The number of nitrogens with one attached hydrogen (secondary N) is 1. The van der Waals surface area contributed by atoms with Gasteiger partial charge in [0.05, 0.1) is 6.10 Å². The third-order valence-electron chi connectivity index (χ3n) is 3.39. The van der Waals surface area contributed by atoms with E-state index in [0.29, 0.717) is 6.10 Å². The van der Waals surface area contributed by atoms with E-state index in [4.69, 9.17) is 16.3 Å². The van der Waals surface area contributed by atoms with Crippen LogP contribution in [0, 0.1) is 0 Å². The molecule has 1 aliphatic rings. The Labute approximate surface area is 124 Å². The van der Waals surface area contributed by atoms with Gasteiger partial charge in [-0.3, -0.25) is 0 Å². The lowest BCUT2D eigenvalue weighted by Crippen LogP contribution is -2.04. The maximum absolute atomic E-state index is 6.40. The number of benzene rings is 2. The Kier molecular flexibility index (Phi) is 3.95. The molecule has 0 spiro atoms. The van der Waals surface area contributed by atoms with E-state index in [1.165, 1.54) is 18.4 Å². The molecule has 0 amide bonds. The van der Waals surface area contributed by atoms with Gasteiger partial charge in [0.15, 0.2) is 0 Å². The van der Waals surface area contributed by atoms with Gasteiger partial charge in [0, 0.05) is 17.1 Å². The molecule has 0 bridgehead atoms. The molecule has 2 nitrogen and oxygen atoms in total. The lowest BCUT2D eigenvalue weighted by molar-refractivity contribution is 0.303. The summed E-state index contributed by atoms with van der Waals surface area (Å²) in [5, 5.41) is 3.91. The molecule has 104 valence electrons. The van der Waals surface area contributed by atoms with Crippen molar-refractivity contribution >= 4 is 11.6 Å². The zero-order valence-electron chi connectivity index (χ0n) is 11.5. The maximum atomic E-state index is 6.40. The highest BCUT2D eigenvalue weighted by molar-refractivity contribution is 6.33. The highest BCUT2D eigenvalue weighted by Crippen LogP contribution is 2.33. The van der Waals surface area contributed by atoms with Crippen LogP contribution in [0.25, 0.3) is 11.1 Å². The van der Waals surface area contributed by atoms with E-state index in [1.807, 2.05) is 25.2 Å². The van der Waals surface area contributed by atoms with Crippen LogP contribution in [0.2, 0.25) is 5.02 Å². The molecule has 2 aromatic carbocycles. The number of rotatable bonds is 5. The molecule has 0 atom stereocenters. The van der Waals surface area contributed by atoms with Crippen LogP contribution >= 0.6 is 11.6 Å². The first-order chi connectivity index (χ1) is 9.76. The van der Waals surface area contributed by atoms with Crippen molar-refractivity contribution in [3.8, 4) is 16.9 Å². The molecule has 1 N–H and O–H groups in total. The molecule has 3 rings (SSSR count). The first-order valence-electron chi connectivity index (χ1n) is 6.96. The van der Waals surface area contributed by atoms with Gasteiger partial charge in [0.2, 0.25) is 0 Å². The van der Waals surface area contributed by atoms with Crippen molar-refractivity contribution in [2.45, 2.75) is 25.5 Å². The summed E-state index contributed by atoms with van der Waals surface area (Å²) in [5.41, 5.74) is 3.34. The molecule has 1 aliphatic carbocycles. The minimum Gasteiger partial charge on any atom is -0.490 e. The van der Waals surface area contributed by atoms with Gasteiger partial charge in [-0.1, -0.05) is 35.9 Å². The van der Waals surface area contributed by atoms with E-state index in [9.17, 15) is 0 Å². The summed E-state index contributed by atoms with van der Waals surface area (Å²) in [6.07, 6.45) is 2.76. The van der Waals surface area contributed by atoms with Crippen molar-refractivity contribution in [2.75, 3.05) is 7.05 Å². The number of hydrogen-bond acceptors (Lipinski definition) is 2. The molecule has 0 saturated heterocycles. The van der Waals surface area contributed by atoms with Gasteiger partial charge < -0.3 is 10.1 Å². The second kappa shape index (κ2) is 5.86. The monoisotopic (exact) mass is 287 g/mol. The van der Waals surface area contributed by atoms with Crippen LogP contribution < -0.4 is 10.1 Å². The van der Waals surface area contributed by atoms with Crippen molar-refractivity contribution in [1.29, 1.82) is 0 Å². The van der Waals surface area contributed by atoms with Crippen LogP contribution in [0.5, 0.6) is 5.75 Å². The highest BCUT2D eigenvalue weighted by atomic mass is 35.5. The summed E-state index contributed by atoms with van der Waals surface area (Å²) >= 11 is 6.40. The van der Waals surface area contributed by atoms with Gasteiger partial charge in [0.25, 0.3) is 0 Å². The van der Waals surface area contributed by atoms with Crippen molar-refractivity contribution in [1.82, 2.24) is 5.32 Å². The molecule has 0 heterocycles. The Bertz CT molecular complexity index is 608. The average molecular weight is 288 g/mol. The van der Waals surface area contributed by atoms with E-state index in [1.54, 1.807) is 0 Å². The van der Waals surface area contributed by atoms with Crippen molar-refractivity contribution in [2.24, 2.45) is 0 Å². The number of hydrogen-bond donors (Lipinski definition) is 1. The molecule has 0 unspecified atom stereocenters. The van der Waals surface area contributed by atoms with Crippen LogP contribution in [-0.2, 0) is 6.54 Å². The molecule has 0 aliphatic heterocycles. The standard InChI is InChI=1S/C17H18ClNO/c1-19-11-12-5-8-16(17(18)9-12)13-3-2-4-15(10-13)20-14-6-7-14/h2-5,8-10,14,19H,6-7,11H2,1H3. The summed E-state index contributed by atoms with van der Waals surface area (Å²) in [6, 6.07) is 14.4. The molecule has 2 aromatic rings. The first-order valence-corrected chi connectivity index (χ1v) is 7.34. The molecule has 1 saturated carbocycles. The first kappa shape index (κ1) is 13.5. The highest BCUT2D eigenvalue weighted by Gasteiger charge is 2.23. The van der Waals surface area contributed by atoms with Crippen molar-refractivity contribution < 1.29 is 4.74 Å². The van der Waals surface area contributed by atoms with Crippen LogP contribution in [0.4, 0.5) is 0 Å². The molecule has 0 radical (unpaired) electrons. The fourth-order valence-electron chi connectivity index (χ4n) is 2.22. The van der Waals surface area contributed by atoms with Gasteiger partial charge >= 0.3 is 0 Å². The van der Waals surface area contributed by atoms with Crippen LogP contribution in [0.15, 0.2) is 42.5 Å². The fraction of sp³-hybridized carbons (Fsp3) is 0.294. The summed E-state index contributed by atoms with van der Waals surface area (Å²) in [6.45, 7) is 0.824. The minimum atomic E-state index is 0.415. The lowest BCUT2D eigenvalue weighted by atomic mass is 10.0. The molecular weight excluding hydrogens is 270 g/mol. The van der Waals surface area contributed by atoms with E-state index >= 15 is 0 Å². The van der Waals surface area contributed by atoms with E-state index < -0.39 is 0 Å². The molecular formula is C17H18ClNO. The van der Waals surface area contributed by atoms with E-state index in [-0.39, 0.29) is 0 Å². The van der Waals surface area contributed by atoms with Crippen LogP contribution in [0.1, 0.15) is 18.4 Å². The molecule has 0 aromatic heterocycles. The Morgan fingerprint density at radius 3 is 2.75 bits per heavy atom. The fourth-order valence-corrected chi connectivity index (χ4v) is 2.53. The predicted molar refractivity (Wildman–Crippen MR) is 83.3 cm³/mol. The van der Waals surface area contributed by atoms with Crippen molar-refractivity contribution in [3.63, 3.8) is 0 Å². The van der Waals surface area contributed by atoms with Crippen molar-refractivity contribution in [3.05, 3.63) is 53.1 Å². The molecule has 3 heteroatoms. The quantitative estimate of drug-likeness (QED) is 0.887. The maximum Gasteiger partial charge on any atom is 0.120 e. The minimum absolute atomic E-state index is 0.415. The van der Waals surface area contributed by atoms with Gasteiger partial charge in [-0.25, -0.2) is 0 Å². The SMILES string of the molecule is CNCc1ccc(-c2cccc(OC3CC3)c2)c(Cl)c1. The second-order valence-corrected chi connectivity index (χ2v) is 5.60. The summed E-state index contributed by atoms with van der Waals surface area (Å²) in [5.74, 6) is 0.931.